The van der Waals surface area contributed by atoms with Crippen LogP contribution >= 0.6 is 0 Å². The zero-order chi connectivity index (χ0) is 20.6. The third-order valence-electron chi connectivity index (χ3n) is 4.46. The quantitative estimate of drug-likeness (QED) is 0.419. The van der Waals surface area contributed by atoms with Crippen LogP contribution in [0.15, 0.2) is 53.6 Å². The van der Waals surface area contributed by atoms with Crippen molar-refractivity contribution in [1.82, 2.24) is 0 Å². The summed E-state index contributed by atoms with van der Waals surface area (Å²) in [6, 6.07) is 9.92. The van der Waals surface area contributed by atoms with Gasteiger partial charge in [0.25, 0.3) is 0 Å². The number of esters is 1. The molecule has 1 heterocycles. The molecule has 152 valence electrons. The van der Waals surface area contributed by atoms with Crippen LogP contribution in [0.3, 0.4) is 0 Å². The van der Waals surface area contributed by atoms with Crippen molar-refractivity contribution in [2.75, 3.05) is 26.4 Å². The lowest BCUT2D eigenvalue weighted by Gasteiger charge is -2.36. The molecule has 28 heavy (non-hydrogen) atoms. The van der Waals surface area contributed by atoms with Gasteiger partial charge in [-0.05, 0) is 38.8 Å². The largest absolute Gasteiger partial charge is 0.462 e. The van der Waals surface area contributed by atoms with Crippen molar-refractivity contribution in [2.45, 2.75) is 38.9 Å². The second kappa shape index (κ2) is 10.3. The molecule has 1 fully saturated rings. The fourth-order valence-corrected chi connectivity index (χ4v) is 2.99. The van der Waals surface area contributed by atoms with Crippen LogP contribution in [0.25, 0.3) is 0 Å². The third kappa shape index (κ3) is 5.86. The lowest BCUT2D eigenvalue weighted by molar-refractivity contribution is -0.232. The van der Waals surface area contributed by atoms with Crippen molar-refractivity contribution < 1.29 is 28.9 Å². The second-order valence-electron chi connectivity index (χ2n) is 6.71. The lowest BCUT2D eigenvalue weighted by Crippen LogP contribution is -2.40. The van der Waals surface area contributed by atoms with Crippen LogP contribution in [0, 0.1) is 0 Å². The average Bonchev–Trinajstić information content (AvgIpc) is 2.68. The molecule has 0 amide bonds. The minimum absolute atomic E-state index is 0.0865. The van der Waals surface area contributed by atoms with Crippen molar-refractivity contribution in [3.8, 4) is 0 Å². The molecule has 0 aromatic heterocycles. The maximum atomic E-state index is 12.5. The summed E-state index contributed by atoms with van der Waals surface area (Å²) in [5, 5.41) is 9.09. The Hall–Kier alpha value is -2.28. The van der Waals surface area contributed by atoms with Gasteiger partial charge in [0.05, 0.1) is 25.4 Å². The first-order valence-corrected chi connectivity index (χ1v) is 9.45. The molecule has 6 nitrogen and oxygen atoms in total. The van der Waals surface area contributed by atoms with Gasteiger partial charge in [0.15, 0.2) is 11.6 Å². The Morgan fingerprint density at radius 2 is 1.86 bits per heavy atom. The van der Waals surface area contributed by atoms with Gasteiger partial charge in [-0.2, -0.15) is 0 Å². The standard InChI is InChI=1S/C22H28O6/c1-4-26-21(25)20(19(16(2)24)11-8-12-23)13-22(3)27-14-18(15-28-22)17-9-6-5-7-10-17/h5-7,9-11,13,18,23H,4,8,12,14-15H2,1-3H3/b19-11+,20-13-. The number of ether oxygens (including phenoxy) is 3. The highest BCUT2D eigenvalue weighted by Crippen LogP contribution is 2.31. The number of ketones is 1. The van der Waals surface area contributed by atoms with E-state index >= 15 is 0 Å². The highest BCUT2D eigenvalue weighted by Gasteiger charge is 2.34. The Morgan fingerprint density at radius 1 is 1.21 bits per heavy atom. The summed E-state index contributed by atoms with van der Waals surface area (Å²) < 4.78 is 17.0. The molecule has 1 aromatic rings. The van der Waals surface area contributed by atoms with Gasteiger partial charge in [-0.25, -0.2) is 4.79 Å². The van der Waals surface area contributed by atoms with E-state index in [1.165, 1.54) is 19.1 Å². The normalized spacial score (nSPS) is 23.4. The van der Waals surface area contributed by atoms with Crippen molar-refractivity contribution in [2.24, 2.45) is 0 Å². The van der Waals surface area contributed by atoms with E-state index in [-0.39, 0.29) is 42.5 Å². The van der Waals surface area contributed by atoms with Crippen LogP contribution in [0.5, 0.6) is 0 Å². The highest BCUT2D eigenvalue weighted by atomic mass is 16.7. The summed E-state index contributed by atoms with van der Waals surface area (Å²) in [6.07, 6.45) is 3.28. The van der Waals surface area contributed by atoms with Crippen LogP contribution in [0.1, 0.15) is 38.7 Å². The maximum Gasteiger partial charge on any atom is 0.338 e. The van der Waals surface area contributed by atoms with Crippen LogP contribution < -0.4 is 0 Å². The van der Waals surface area contributed by atoms with Crippen LogP contribution in [-0.2, 0) is 23.8 Å². The van der Waals surface area contributed by atoms with Gasteiger partial charge in [-0.3, -0.25) is 4.79 Å². The minimum atomic E-state index is -1.17. The maximum absolute atomic E-state index is 12.5. The Bertz CT molecular complexity index is 727. The lowest BCUT2D eigenvalue weighted by atomic mass is 9.97. The first kappa shape index (κ1) is 22.0. The van der Waals surface area contributed by atoms with Crippen LogP contribution in [0.2, 0.25) is 0 Å². The van der Waals surface area contributed by atoms with E-state index in [0.717, 1.165) is 5.56 Å². The average molecular weight is 388 g/mol. The summed E-state index contributed by atoms with van der Waals surface area (Å²) in [5.41, 5.74) is 1.39. The molecule has 6 heteroatoms. The SMILES string of the molecule is CCOC(=O)C(=C\C1(C)OCC(c2ccccc2)CO1)/C(=C/CCO)C(C)=O. The molecule has 1 aliphatic rings. The molecule has 0 atom stereocenters. The molecular formula is C22H28O6. The molecule has 1 N–H and O–H groups in total. The van der Waals surface area contributed by atoms with Gasteiger partial charge < -0.3 is 19.3 Å². The third-order valence-corrected chi connectivity index (χ3v) is 4.46. The summed E-state index contributed by atoms with van der Waals surface area (Å²) in [7, 11) is 0. The first-order valence-electron chi connectivity index (χ1n) is 9.45. The highest BCUT2D eigenvalue weighted by molar-refractivity contribution is 6.09. The number of hydrogen-bond acceptors (Lipinski definition) is 6. The molecule has 0 unspecified atom stereocenters. The number of benzene rings is 1. The van der Waals surface area contributed by atoms with E-state index in [4.69, 9.17) is 19.3 Å². The van der Waals surface area contributed by atoms with Crippen molar-refractivity contribution in [3.63, 3.8) is 0 Å². The molecule has 0 aliphatic carbocycles. The molecule has 0 radical (unpaired) electrons. The molecule has 2 rings (SSSR count). The summed E-state index contributed by atoms with van der Waals surface area (Å²) in [4.78, 5) is 24.6. The van der Waals surface area contributed by atoms with Gasteiger partial charge in [-0.15, -0.1) is 0 Å². The Morgan fingerprint density at radius 3 is 2.39 bits per heavy atom. The fourth-order valence-electron chi connectivity index (χ4n) is 2.99. The van der Waals surface area contributed by atoms with Gasteiger partial charge in [0, 0.05) is 18.1 Å². The molecule has 0 saturated carbocycles. The minimum Gasteiger partial charge on any atom is -0.462 e. The first-order chi connectivity index (χ1) is 13.4. The number of hydrogen-bond donors (Lipinski definition) is 1. The topological polar surface area (TPSA) is 82.1 Å². The predicted molar refractivity (Wildman–Crippen MR) is 105 cm³/mol. The predicted octanol–water partition coefficient (Wildman–Crippen LogP) is 2.92. The number of rotatable bonds is 8. The zero-order valence-corrected chi connectivity index (χ0v) is 16.6. The number of Topliss-reactive ketones (excluding diaryl/α,β-unsaturated/α-hetero) is 1. The molecule has 0 bridgehead atoms. The number of aliphatic hydroxyl groups is 1. The van der Waals surface area contributed by atoms with Gasteiger partial charge >= 0.3 is 5.97 Å². The summed E-state index contributed by atoms with van der Waals surface area (Å²) in [5.74, 6) is -2.00. The van der Waals surface area contributed by atoms with E-state index in [1.54, 1.807) is 13.8 Å². The van der Waals surface area contributed by atoms with Gasteiger partial charge in [0.2, 0.25) is 0 Å². The van der Waals surface area contributed by atoms with Crippen LogP contribution in [0.4, 0.5) is 0 Å². The van der Waals surface area contributed by atoms with E-state index in [1.807, 2.05) is 30.3 Å². The van der Waals surface area contributed by atoms with Crippen molar-refractivity contribution in [1.29, 1.82) is 0 Å². The van der Waals surface area contributed by atoms with E-state index in [9.17, 15) is 9.59 Å². The molecule has 0 spiro atoms. The molecule has 1 aliphatic heterocycles. The van der Waals surface area contributed by atoms with Gasteiger partial charge in [0.1, 0.15) is 0 Å². The number of aliphatic hydroxyl groups excluding tert-OH is 1. The molecule has 1 aromatic carbocycles. The van der Waals surface area contributed by atoms with Crippen molar-refractivity contribution in [3.05, 3.63) is 59.2 Å². The Balaban J connectivity index is 2.27. The number of carbonyl (C=O) groups excluding carboxylic acids is 2. The van der Waals surface area contributed by atoms with E-state index in [0.29, 0.717) is 13.2 Å². The molecule has 1 saturated heterocycles. The Labute approximate surface area is 165 Å². The summed E-state index contributed by atoms with van der Waals surface area (Å²) in [6.45, 7) is 5.65. The monoisotopic (exact) mass is 388 g/mol. The fraction of sp³-hybridized carbons (Fsp3) is 0.455. The van der Waals surface area contributed by atoms with E-state index in [2.05, 4.69) is 0 Å². The molecular weight excluding hydrogens is 360 g/mol. The van der Waals surface area contributed by atoms with E-state index < -0.39 is 11.8 Å². The van der Waals surface area contributed by atoms with Crippen molar-refractivity contribution >= 4 is 11.8 Å². The smallest absolute Gasteiger partial charge is 0.338 e. The van der Waals surface area contributed by atoms with Crippen LogP contribution in [-0.4, -0.2) is 49.1 Å². The van der Waals surface area contributed by atoms with Gasteiger partial charge in [-0.1, -0.05) is 36.4 Å². The summed E-state index contributed by atoms with van der Waals surface area (Å²) >= 11 is 0. The Kier molecular flexibility index (Phi) is 8.11. The number of carbonyl (C=O) groups is 2. The zero-order valence-electron chi connectivity index (χ0n) is 16.6. The second-order valence-corrected chi connectivity index (χ2v) is 6.71.